The fraction of sp³-hybridized carbons (Fsp3) is 0. The van der Waals surface area contributed by atoms with Gasteiger partial charge in [0.15, 0.2) is 5.82 Å². The first-order valence-electron chi connectivity index (χ1n) is 18.3. The molecule has 0 aliphatic heterocycles. The summed E-state index contributed by atoms with van der Waals surface area (Å²) >= 11 is 0. The Labute approximate surface area is 311 Å². The molecule has 0 N–H and O–H groups in total. The molecule has 0 radical (unpaired) electrons. The molecule has 0 spiro atoms. The van der Waals surface area contributed by atoms with Gasteiger partial charge in [0.2, 0.25) is 0 Å². The second kappa shape index (κ2) is 12.1. The minimum atomic E-state index is 0.690. The van der Waals surface area contributed by atoms with Gasteiger partial charge in [0.25, 0.3) is 0 Å². The van der Waals surface area contributed by atoms with Crippen LogP contribution in [0.3, 0.4) is 0 Å². The van der Waals surface area contributed by atoms with Crippen molar-refractivity contribution in [2.75, 3.05) is 0 Å². The van der Waals surface area contributed by atoms with E-state index in [1.165, 1.54) is 48.9 Å². The number of hydrogen-bond donors (Lipinski definition) is 0. The lowest BCUT2D eigenvalue weighted by Crippen LogP contribution is -2.03. The predicted molar refractivity (Wildman–Crippen MR) is 225 cm³/mol. The summed E-state index contributed by atoms with van der Waals surface area (Å²) in [7, 11) is 0. The molecule has 4 nitrogen and oxygen atoms in total. The zero-order valence-electron chi connectivity index (χ0n) is 29.3. The summed E-state index contributed by atoms with van der Waals surface area (Å²) in [5.41, 5.74) is 11.0. The van der Waals surface area contributed by atoms with Crippen molar-refractivity contribution in [3.05, 3.63) is 194 Å². The van der Waals surface area contributed by atoms with E-state index in [0.29, 0.717) is 5.82 Å². The Morgan fingerprint density at radius 1 is 0.352 bits per heavy atom. The molecular weight excluding hydrogens is 657 g/mol. The molecule has 11 aromatic rings. The number of benzene rings is 8. The summed E-state index contributed by atoms with van der Waals surface area (Å²) in [5, 5.41) is 7.21. The molecule has 3 aromatic heterocycles. The molecule has 3 heterocycles. The molecule has 0 aliphatic rings. The van der Waals surface area contributed by atoms with E-state index in [0.717, 1.165) is 44.9 Å². The van der Waals surface area contributed by atoms with Gasteiger partial charge >= 0.3 is 0 Å². The Bertz CT molecular complexity index is 3140. The molecule has 4 heteroatoms. The van der Waals surface area contributed by atoms with Crippen LogP contribution in [0.4, 0.5) is 0 Å². The normalized spacial score (nSPS) is 11.7. The van der Waals surface area contributed by atoms with E-state index in [9.17, 15) is 0 Å². The Morgan fingerprint density at radius 3 is 1.67 bits per heavy atom. The lowest BCUT2D eigenvalue weighted by molar-refractivity contribution is 1.05. The third-order valence-electron chi connectivity index (χ3n) is 10.7. The van der Waals surface area contributed by atoms with Gasteiger partial charge in [-0.3, -0.25) is 4.57 Å². The summed E-state index contributed by atoms with van der Waals surface area (Å²) in [4.78, 5) is 10.5. The summed E-state index contributed by atoms with van der Waals surface area (Å²) in [5.74, 6) is 1.52. The highest BCUT2D eigenvalue weighted by atomic mass is 15.1. The number of fused-ring (bicyclic) bond motifs is 7. The van der Waals surface area contributed by atoms with E-state index in [-0.39, 0.29) is 0 Å². The van der Waals surface area contributed by atoms with Gasteiger partial charge in [-0.1, -0.05) is 146 Å². The average molecular weight is 689 g/mol. The van der Waals surface area contributed by atoms with Gasteiger partial charge in [0.05, 0.1) is 27.8 Å². The summed E-state index contributed by atoms with van der Waals surface area (Å²) in [6.07, 6.45) is 0. The maximum Gasteiger partial charge on any atom is 0.162 e. The zero-order valence-corrected chi connectivity index (χ0v) is 29.3. The van der Waals surface area contributed by atoms with Gasteiger partial charge in [0, 0.05) is 50.0 Å². The van der Waals surface area contributed by atoms with Crippen molar-refractivity contribution >= 4 is 54.4 Å². The minimum Gasteiger partial charge on any atom is -0.309 e. The first-order chi connectivity index (χ1) is 26.8. The van der Waals surface area contributed by atoms with E-state index in [1.807, 2.05) is 24.3 Å². The van der Waals surface area contributed by atoms with Gasteiger partial charge in [-0.2, -0.15) is 0 Å². The highest BCUT2D eigenvalue weighted by molar-refractivity contribution is 6.22. The van der Waals surface area contributed by atoms with Gasteiger partial charge in [-0.25, -0.2) is 9.97 Å². The van der Waals surface area contributed by atoms with Gasteiger partial charge in [0.1, 0.15) is 5.82 Å². The molecule has 0 fully saturated rings. The summed E-state index contributed by atoms with van der Waals surface area (Å²) in [6.45, 7) is 0. The molecule has 11 rings (SSSR count). The summed E-state index contributed by atoms with van der Waals surface area (Å²) in [6, 6.07) is 69.1. The minimum absolute atomic E-state index is 0.690. The van der Waals surface area contributed by atoms with Crippen molar-refractivity contribution in [3.8, 4) is 45.3 Å². The van der Waals surface area contributed by atoms with Gasteiger partial charge in [-0.15, -0.1) is 0 Å². The molecule has 0 atom stereocenters. The Hall–Kier alpha value is -7.30. The topological polar surface area (TPSA) is 35.6 Å². The smallest absolute Gasteiger partial charge is 0.162 e. The van der Waals surface area contributed by atoms with Crippen molar-refractivity contribution < 1.29 is 0 Å². The molecule has 252 valence electrons. The number of aromatic nitrogens is 4. The van der Waals surface area contributed by atoms with Crippen LogP contribution < -0.4 is 0 Å². The molecule has 0 saturated carbocycles. The Balaban J connectivity index is 1.27. The SMILES string of the molecule is c1ccc(-c2cc(-n3c4ccccc4c4cc5ccccc5c(-c5ccc6c(c5)c5ccccc5n6-c5ccccc5)c43)nc(-c3ccccc3)n2)cc1. The van der Waals surface area contributed by atoms with Crippen LogP contribution in [-0.4, -0.2) is 19.1 Å². The van der Waals surface area contributed by atoms with Gasteiger partial charge < -0.3 is 4.57 Å². The van der Waals surface area contributed by atoms with E-state index >= 15 is 0 Å². The fourth-order valence-electron chi connectivity index (χ4n) is 8.33. The van der Waals surface area contributed by atoms with Crippen LogP contribution in [0.25, 0.3) is 99.7 Å². The van der Waals surface area contributed by atoms with E-state index < -0.39 is 0 Å². The maximum atomic E-state index is 5.36. The number of para-hydroxylation sites is 3. The van der Waals surface area contributed by atoms with E-state index in [2.05, 4.69) is 179 Å². The first-order valence-corrected chi connectivity index (χ1v) is 18.3. The monoisotopic (exact) mass is 688 g/mol. The average Bonchev–Trinajstić information content (AvgIpc) is 3.76. The summed E-state index contributed by atoms with van der Waals surface area (Å²) < 4.78 is 4.74. The van der Waals surface area contributed by atoms with E-state index in [4.69, 9.17) is 9.97 Å². The lowest BCUT2D eigenvalue weighted by atomic mass is 9.94. The Kier molecular flexibility index (Phi) is 6.82. The largest absolute Gasteiger partial charge is 0.309 e. The number of rotatable bonds is 5. The molecule has 0 unspecified atom stereocenters. The lowest BCUT2D eigenvalue weighted by Gasteiger charge is -2.16. The number of nitrogens with zero attached hydrogens (tertiary/aromatic N) is 4. The molecule has 0 saturated heterocycles. The second-order valence-corrected chi connectivity index (χ2v) is 13.8. The third kappa shape index (κ3) is 4.70. The van der Waals surface area contributed by atoms with Crippen molar-refractivity contribution in [2.45, 2.75) is 0 Å². The van der Waals surface area contributed by atoms with Crippen LogP contribution in [0.15, 0.2) is 194 Å². The maximum absolute atomic E-state index is 5.36. The van der Waals surface area contributed by atoms with Crippen molar-refractivity contribution in [1.29, 1.82) is 0 Å². The van der Waals surface area contributed by atoms with E-state index in [1.54, 1.807) is 0 Å². The highest BCUT2D eigenvalue weighted by Gasteiger charge is 2.22. The van der Waals surface area contributed by atoms with Crippen molar-refractivity contribution in [1.82, 2.24) is 19.1 Å². The predicted octanol–water partition coefficient (Wildman–Crippen LogP) is 12.8. The Morgan fingerprint density at radius 2 is 0.926 bits per heavy atom. The van der Waals surface area contributed by atoms with Crippen LogP contribution in [0.2, 0.25) is 0 Å². The molecular formula is C50H32N4. The van der Waals surface area contributed by atoms with Crippen LogP contribution in [0, 0.1) is 0 Å². The standard InChI is InChI=1S/C50H32N4/c1-4-16-33(17-5-1)43-32-47(52-50(51-43)34-18-6-2-7-19-34)54-45-27-15-13-25-40(45)42-30-35-20-10-11-23-38(35)48(49(42)54)36-28-29-46-41(31-36)39-24-12-14-26-44(39)53(46)37-21-8-3-9-22-37/h1-32H. The van der Waals surface area contributed by atoms with Crippen molar-refractivity contribution in [2.24, 2.45) is 0 Å². The van der Waals surface area contributed by atoms with Crippen LogP contribution in [-0.2, 0) is 0 Å². The quantitative estimate of drug-likeness (QED) is 0.180. The molecule has 0 bridgehead atoms. The molecule has 0 aliphatic carbocycles. The molecule has 0 amide bonds. The molecule has 54 heavy (non-hydrogen) atoms. The fourth-order valence-corrected chi connectivity index (χ4v) is 8.33. The second-order valence-electron chi connectivity index (χ2n) is 13.8. The zero-order chi connectivity index (χ0) is 35.6. The first kappa shape index (κ1) is 30.3. The highest BCUT2D eigenvalue weighted by Crippen LogP contribution is 2.44. The van der Waals surface area contributed by atoms with Crippen LogP contribution in [0.1, 0.15) is 0 Å². The molecule has 8 aromatic carbocycles. The van der Waals surface area contributed by atoms with Crippen molar-refractivity contribution in [3.63, 3.8) is 0 Å². The van der Waals surface area contributed by atoms with Crippen LogP contribution >= 0.6 is 0 Å². The van der Waals surface area contributed by atoms with Gasteiger partial charge in [-0.05, 0) is 58.8 Å². The third-order valence-corrected chi connectivity index (χ3v) is 10.7. The van der Waals surface area contributed by atoms with Crippen LogP contribution in [0.5, 0.6) is 0 Å². The number of hydrogen-bond acceptors (Lipinski definition) is 2.